The van der Waals surface area contributed by atoms with Gasteiger partial charge in [0.05, 0.1) is 17.6 Å². The molecule has 0 aromatic heterocycles. The van der Waals surface area contributed by atoms with Crippen LogP contribution in [0.2, 0.25) is 0 Å². The highest BCUT2D eigenvalue weighted by atomic mass is 32.1. The summed E-state index contributed by atoms with van der Waals surface area (Å²) in [6.07, 6.45) is 1.51. The molecule has 1 heterocycles. The van der Waals surface area contributed by atoms with E-state index in [4.69, 9.17) is 23.1 Å². The van der Waals surface area contributed by atoms with Gasteiger partial charge < -0.3 is 15.9 Å². The van der Waals surface area contributed by atoms with E-state index < -0.39 is 5.60 Å². The number of aliphatic hydroxyl groups is 2. The smallest absolute Gasteiger partial charge is 0.100 e. The summed E-state index contributed by atoms with van der Waals surface area (Å²) in [6, 6.07) is -0.0108. The largest absolute Gasteiger partial charge is 0.393 e. The minimum Gasteiger partial charge on any atom is -0.393 e. The molecule has 1 aliphatic rings. The van der Waals surface area contributed by atoms with Crippen molar-refractivity contribution in [3.8, 4) is 0 Å². The highest BCUT2D eigenvalue weighted by Gasteiger charge is 2.34. The molecule has 0 amide bonds. The zero-order valence-corrected chi connectivity index (χ0v) is 9.26. The average molecular weight is 218 g/mol. The molecule has 1 saturated heterocycles. The van der Waals surface area contributed by atoms with Crippen molar-refractivity contribution >= 4 is 17.2 Å². The first-order valence-electron chi connectivity index (χ1n) is 4.85. The van der Waals surface area contributed by atoms with Crippen LogP contribution in [0.4, 0.5) is 0 Å². The Labute approximate surface area is 89.7 Å². The summed E-state index contributed by atoms with van der Waals surface area (Å²) in [5.74, 6) is 0. The van der Waals surface area contributed by atoms with Gasteiger partial charge in [-0.1, -0.05) is 12.2 Å². The molecule has 1 aliphatic heterocycles. The maximum atomic E-state index is 9.91. The first-order valence-corrected chi connectivity index (χ1v) is 5.26. The second-order valence-electron chi connectivity index (χ2n) is 4.03. The van der Waals surface area contributed by atoms with Crippen molar-refractivity contribution in [1.82, 2.24) is 4.90 Å². The van der Waals surface area contributed by atoms with Gasteiger partial charge in [-0.15, -0.1) is 0 Å². The Kier molecular flexibility index (Phi) is 3.83. The third-order valence-corrected chi connectivity index (χ3v) is 3.18. The van der Waals surface area contributed by atoms with Gasteiger partial charge in [-0.3, -0.25) is 4.90 Å². The summed E-state index contributed by atoms with van der Waals surface area (Å²) in [5, 5.41) is 19.0. The summed E-state index contributed by atoms with van der Waals surface area (Å²) in [6.45, 7) is 3.04. The highest BCUT2D eigenvalue weighted by molar-refractivity contribution is 7.80. The van der Waals surface area contributed by atoms with Crippen molar-refractivity contribution in [3.63, 3.8) is 0 Å². The fourth-order valence-electron chi connectivity index (χ4n) is 1.79. The van der Waals surface area contributed by atoms with Gasteiger partial charge in [0.2, 0.25) is 0 Å². The first kappa shape index (κ1) is 11.8. The second kappa shape index (κ2) is 4.53. The molecule has 0 spiro atoms. The maximum absolute atomic E-state index is 9.91. The Bertz CT molecular complexity index is 225. The van der Waals surface area contributed by atoms with Crippen molar-refractivity contribution in [2.45, 2.75) is 31.4 Å². The molecule has 82 valence electrons. The standard InChI is InChI=1S/C9H18N2O2S/c1-7(8(10)14)11-4-2-3-9(13,5-11)6-12/h7,12-13H,2-6H2,1H3,(H2,10,14). The van der Waals surface area contributed by atoms with E-state index in [2.05, 4.69) is 0 Å². The van der Waals surface area contributed by atoms with Crippen molar-refractivity contribution in [3.05, 3.63) is 0 Å². The Morgan fingerprint density at radius 3 is 2.86 bits per heavy atom. The van der Waals surface area contributed by atoms with Gasteiger partial charge in [0, 0.05) is 6.54 Å². The van der Waals surface area contributed by atoms with Crippen LogP contribution in [0.25, 0.3) is 0 Å². The lowest BCUT2D eigenvalue weighted by atomic mass is 9.93. The normalized spacial score (nSPS) is 31.4. The Balaban J connectivity index is 2.60. The highest BCUT2D eigenvalue weighted by Crippen LogP contribution is 2.22. The SMILES string of the molecule is CC(C(N)=S)N1CCCC(O)(CO)C1. The van der Waals surface area contributed by atoms with Crippen LogP contribution < -0.4 is 5.73 Å². The number of rotatable bonds is 3. The number of β-amino-alcohol motifs (C(OH)–C–C–N with tert-alkyl or cyclic N) is 1. The van der Waals surface area contributed by atoms with E-state index in [1.54, 1.807) is 0 Å². The number of piperidine rings is 1. The summed E-state index contributed by atoms with van der Waals surface area (Å²) >= 11 is 4.90. The molecule has 0 aliphatic carbocycles. The van der Waals surface area contributed by atoms with Crippen molar-refractivity contribution < 1.29 is 10.2 Å². The van der Waals surface area contributed by atoms with Gasteiger partial charge in [0.15, 0.2) is 0 Å². The molecule has 1 fully saturated rings. The number of hydrogen-bond acceptors (Lipinski definition) is 4. The number of nitrogens with two attached hydrogens (primary N) is 1. The third-order valence-electron chi connectivity index (χ3n) is 2.84. The van der Waals surface area contributed by atoms with Gasteiger partial charge in [-0.2, -0.15) is 0 Å². The number of likely N-dealkylation sites (tertiary alicyclic amines) is 1. The fourth-order valence-corrected chi connectivity index (χ4v) is 1.94. The fraction of sp³-hybridized carbons (Fsp3) is 0.889. The lowest BCUT2D eigenvalue weighted by Crippen LogP contribution is -2.55. The van der Waals surface area contributed by atoms with E-state index >= 15 is 0 Å². The Morgan fingerprint density at radius 2 is 2.36 bits per heavy atom. The molecule has 4 nitrogen and oxygen atoms in total. The van der Waals surface area contributed by atoms with Crippen molar-refractivity contribution in [2.24, 2.45) is 5.73 Å². The van der Waals surface area contributed by atoms with Gasteiger partial charge in [-0.05, 0) is 26.3 Å². The summed E-state index contributed by atoms with van der Waals surface area (Å²) in [4.78, 5) is 2.45. The molecule has 1 rings (SSSR count). The zero-order chi connectivity index (χ0) is 10.8. The van der Waals surface area contributed by atoms with E-state index in [0.29, 0.717) is 18.0 Å². The molecule has 4 N–H and O–H groups in total. The van der Waals surface area contributed by atoms with Crippen LogP contribution in [0.1, 0.15) is 19.8 Å². The number of nitrogens with zero attached hydrogens (tertiary/aromatic N) is 1. The van der Waals surface area contributed by atoms with Crippen molar-refractivity contribution in [1.29, 1.82) is 0 Å². The van der Waals surface area contributed by atoms with E-state index in [0.717, 1.165) is 13.0 Å². The molecule has 14 heavy (non-hydrogen) atoms. The third kappa shape index (κ3) is 2.63. The van der Waals surface area contributed by atoms with Crippen LogP contribution in [-0.4, -0.2) is 51.4 Å². The van der Waals surface area contributed by atoms with Crippen LogP contribution in [0.3, 0.4) is 0 Å². The zero-order valence-electron chi connectivity index (χ0n) is 8.44. The molecule has 0 radical (unpaired) electrons. The predicted molar refractivity (Wildman–Crippen MR) is 59.1 cm³/mol. The molecular weight excluding hydrogens is 200 g/mol. The minimum atomic E-state index is -0.975. The van der Waals surface area contributed by atoms with Crippen LogP contribution in [0, 0.1) is 0 Å². The van der Waals surface area contributed by atoms with Crippen LogP contribution in [0.15, 0.2) is 0 Å². The topological polar surface area (TPSA) is 69.7 Å². The van der Waals surface area contributed by atoms with E-state index in [9.17, 15) is 5.11 Å². The molecule has 2 atom stereocenters. The van der Waals surface area contributed by atoms with Crippen LogP contribution >= 0.6 is 12.2 Å². The molecule has 0 bridgehead atoms. The average Bonchev–Trinajstić information content (AvgIpc) is 2.16. The Hall–Kier alpha value is -0.230. The van der Waals surface area contributed by atoms with Gasteiger partial charge >= 0.3 is 0 Å². The number of thiocarbonyl (C=S) groups is 1. The van der Waals surface area contributed by atoms with E-state index in [1.165, 1.54) is 0 Å². The monoisotopic (exact) mass is 218 g/mol. The van der Waals surface area contributed by atoms with E-state index in [-0.39, 0.29) is 12.6 Å². The molecule has 0 saturated carbocycles. The molecular formula is C9H18N2O2S. The lowest BCUT2D eigenvalue weighted by molar-refractivity contribution is -0.0696. The quantitative estimate of drug-likeness (QED) is 0.556. The minimum absolute atomic E-state index is 0.0108. The van der Waals surface area contributed by atoms with Crippen LogP contribution in [0.5, 0.6) is 0 Å². The number of hydrogen-bond donors (Lipinski definition) is 3. The van der Waals surface area contributed by atoms with E-state index in [1.807, 2.05) is 11.8 Å². The maximum Gasteiger partial charge on any atom is 0.100 e. The molecule has 0 aromatic rings. The number of aliphatic hydroxyl groups excluding tert-OH is 1. The van der Waals surface area contributed by atoms with Gasteiger partial charge in [0.1, 0.15) is 5.60 Å². The van der Waals surface area contributed by atoms with Gasteiger partial charge in [0.25, 0.3) is 0 Å². The first-order chi connectivity index (χ1) is 6.48. The van der Waals surface area contributed by atoms with Gasteiger partial charge in [-0.25, -0.2) is 0 Å². The molecule has 2 unspecified atom stereocenters. The molecule has 5 heteroatoms. The lowest BCUT2D eigenvalue weighted by Gasteiger charge is -2.40. The summed E-state index contributed by atoms with van der Waals surface area (Å²) in [5.41, 5.74) is 4.57. The summed E-state index contributed by atoms with van der Waals surface area (Å²) < 4.78 is 0. The predicted octanol–water partition coefficient (Wildman–Crippen LogP) is -0.520. The molecule has 0 aromatic carbocycles. The van der Waals surface area contributed by atoms with Crippen LogP contribution in [-0.2, 0) is 0 Å². The Morgan fingerprint density at radius 1 is 1.71 bits per heavy atom. The van der Waals surface area contributed by atoms with Crippen molar-refractivity contribution in [2.75, 3.05) is 19.7 Å². The second-order valence-corrected chi connectivity index (χ2v) is 4.51. The summed E-state index contributed by atoms with van der Waals surface area (Å²) in [7, 11) is 0.